The maximum absolute atomic E-state index is 15.8. The van der Waals surface area contributed by atoms with E-state index in [2.05, 4.69) is 25.9 Å². The van der Waals surface area contributed by atoms with Gasteiger partial charge in [-0.05, 0) is 58.6 Å². The lowest BCUT2D eigenvalue weighted by Crippen LogP contribution is -2.39. The molecule has 1 unspecified atom stereocenters. The Morgan fingerprint density at radius 1 is 1.24 bits per heavy atom. The molecule has 1 atom stereocenters. The number of rotatable bonds is 5. The summed E-state index contributed by atoms with van der Waals surface area (Å²) in [5.41, 5.74) is 2.85. The monoisotopic (exact) mass is 469 g/mol. The van der Waals surface area contributed by atoms with Gasteiger partial charge in [0.1, 0.15) is 17.2 Å². The number of benzene rings is 1. The molecule has 8 nitrogen and oxygen atoms in total. The van der Waals surface area contributed by atoms with Gasteiger partial charge in [0, 0.05) is 36.8 Å². The van der Waals surface area contributed by atoms with Gasteiger partial charge in [-0.25, -0.2) is 14.2 Å². The smallest absolute Gasteiger partial charge is 0.407 e. The minimum atomic E-state index is -0.552. The van der Waals surface area contributed by atoms with Gasteiger partial charge in [0.15, 0.2) is 5.82 Å². The molecular weight excluding hydrogens is 437 g/mol. The van der Waals surface area contributed by atoms with Crippen LogP contribution in [0, 0.1) is 12.7 Å². The Kier molecular flexibility index (Phi) is 6.63. The van der Waals surface area contributed by atoms with Crippen LogP contribution in [0.25, 0.3) is 5.57 Å². The van der Waals surface area contributed by atoms with Gasteiger partial charge in [0.2, 0.25) is 5.95 Å². The van der Waals surface area contributed by atoms with Gasteiger partial charge in [-0.15, -0.1) is 0 Å². The second-order valence-corrected chi connectivity index (χ2v) is 9.64. The lowest BCUT2D eigenvalue weighted by Gasteiger charge is -2.26. The van der Waals surface area contributed by atoms with E-state index in [1.165, 1.54) is 0 Å². The summed E-state index contributed by atoms with van der Waals surface area (Å²) in [5, 5.41) is 8.96. The summed E-state index contributed by atoms with van der Waals surface area (Å²) >= 11 is 0. The van der Waals surface area contributed by atoms with Crippen molar-refractivity contribution in [2.75, 3.05) is 24.3 Å². The Bertz CT molecular complexity index is 1130. The number of nitrogens with zero attached hydrogens (tertiary/aromatic N) is 2. The maximum Gasteiger partial charge on any atom is 0.407 e. The molecule has 1 aliphatic carbocycles. The Hall–Kier alpha value is -3.36. The topological polar surface area (TPSA) is 97.4 Å². The van der Waals surface area contributed by atoms with Crippen molar-refractivity contribution >= 4 is 29.1 Å². The van der Waals surface area contributed by atoms with Crippen molar-refractivity contribution in [2.45, 2.75) is 65.0 Å². The third kappa shape index (κ3) is 5.40. The Balaban J connectivity index is 1.58. The van der Waals surface area contributed by atoms with Crippen LogP contribution < -0.4 is 20.7 Å². The normalized spacial score (nSPS) is 17.4. The van der Waals surface area contributed by atoms with Crippen LogP contribution in [-0.2, 0) is 11.2 Å². The molecule has 1 aliphatic heterocycles. The number of ether oxygens (including phenoxy) is 2. The van der Waals surface area contributed by atoms with Crippen LogP contribution >= 0.6 is 0 Å². The summed E-state index contributed by atoms with van der Waals surface area (Å²) in [6.07, 6.45) is 4.15. The van der Waals surface area contributed by atoms with Gasteiger partial charge in [-0.2, -0.15) is 4.98 Å². The lowest BCUT2D eigenvalue weighted by atomic mass is 9.88. The summed E-state index contributed by atoms with van der Waals surface area (Å²) < 4.78 is 27.0. The second-order valence-electron chi connectivity index (χ2n) is 9.64. The highest BCUT2D eigenvalue weighted by atomic mass is 19.1. The van der Waals surface area contributed by atoms with E-state index in [4.69, 9.17) is 9.47 Å². The molecule has 1 aromatic carbocycles. The minimum absolute atomic E-state index is 0.0578. The third-order valence-electron chi connectivity index (χ3n) is 5.72. The largest absolute Gasteiger partial charge is 0.492 e. The number of amides is 1. The van der Waals surface area contributed by atoms with Crippen LogP contribution in [-0.4, -0.2) is 41.4 Å². The fourth-order valence-corrected chi connectivity index (χ4v) is 4.23. The minimum Gasteiger partial charge on any atom is -0.492 e. The third-order valence-corrected chi connectivity index (χ3v) is 5.72. The van der Waals surface area contributed by atoms with Crippen LogP contribution in [0.1, 0.15) is 56.9 Å². The predicted octanol–water partition coefficient (Wildman–Crippen LogP) is 5.10. The summed E-state index contributed by atoms with van der Waals surface area (Å²) in [6.45, 7) is 7.87. The van der Waals surface area contributed by atoms with Gasteiger partial charge >= 0.3 is 6.09 Å². The first kappa shape index (κ1) is 23.8. The molecule has 34 heavy (non-hydrogen) atoms. The number of carbonyl (C=O) groups excluding carboxylic acids is 1. The van der Waals surface area contributed by atoms with Gasteiger partial charge in [-0.1, -0.05) is 6.08 Å². The molecule has 2 aliphatic rings. The summed E-state index contributed by atoms with van der Waals surface area (Å²) in [5.74, 6) is 1.20. The first-order valence-electron chi connectivity index (χ1n) is 11.6. The first-order valence-corrected chi connectivity index (χ1v) is 11.6. The van der Waals surface area contributed by atoms with Crippen LogP contribution in [0.5, 0.6) is 5.75 Å². The highest BCUT2D eigenvalue weighted by Crippen LogP contribution is 2.43. The number of anilines is 3. The quantitative estimate of drug-likeness (QED) is 0.560. The number of alkyl carbamates (subject to hydrolysis) is 1. The maximum atomic E-state index is 15.8. The summed E-state index contributed by atoms with van der Waals surface area (Å²) in [7, 11) is 1.78. The van der Waals surface area contributed by atoms with Crippen LogP contribution in [0.15, 0.2) is 18.2 Å². The number of allylic oxidation sites excluding steroid dienone is 1. The van der Waals surface area contributed by atoms with E-state index in [0.29, 0.717) is 61.1 Å². The fourth-order valence-electron chi connectivity index (χ4n) is 4.23. The SMILES string of the molecule is CNc1cc(C)nc(Nc2cc3c(c(C4=CCC(NC(=O)OC(C)(C)C)CC4)c2F)OCC3)n1. The van der Waals surface area contributed by atoms with Gasteiger partial charge in [0.25, 0.3) is 0 Å². The average molecular weight is 470 g/mol. The van der Waals surface area contributed by atoms with E-state index in [0.717, 1.165) is 16.8 Å². The molecule has 0 radical (unpaired) electrons. The standard InChI is InChI=1S/C25H32FN5O3/c1-14-12-19(27-5)31-23(28-14)30-18-13-16-10-11-33-22(16)20(21(18)26)15-6-8-17(9-7-15)29-24(32)34-25(2,3)4/h6,12-13,17H,7-11H2,1-5H3,(H,29,32)(H2,27,28,30,31). The molecule has 0 saturated carbocycles. The molecule has 0 bridgehead atoms. The zero-order chi connectivity index (χ0) is 24.5. The van der Waals surface area contributed by atoms with Gasteiger partial charge in [0.05, 0.1) is 17.9 Å². The number of fused-ring (bicyclic) bond motifs is 1. The average Bonchev–Trinajstić information content (AvgIpc) is 3.21. The molecular formula is C25H32FN5O3. The van der Waals surface area contributed by atoms with E-state index in [9.17, 15) is 4.79 Å². The molecule has 9 heteroatoms. The van der Waals surface area contributed by atoms with Crippen molar-refractivity contribution in [1.82, 2.24) is 15.3 Å². The molecule has 4 rings (SSSR count). The number of nitrogens with one attached hydrogen (secondary N) is 3. The molecule has 0 fully saturated rings. The Morgan fingerprint density at radius 2 is 2.03 bits per heavy atom. The zero-order valence-electron chi connectivity index (χ0n) is 20.3. The highest BCUT2D eigenvalue weighted by Gasteiger charge is 2.29. The number of carbonyl (C=O) groups is 1. The lowest BCUT2D eigenvalue weighted by molar-refractivity contribution is 0.0502. The Labute approximate surface area is 199 Å². The summed E-state index contributed by atoms with van der Waals surface area (Å²) in [4.78, 5) is 20.9. The molecule has 2 aromatic rings. The van der Waals surface area contributed by atoms with Gasteiger partial charge in [-0.3, -0.25) is 0 Å². The molecule has 0 saturated heterocycles. The predicted molar refractivity (Wildman–Crippen MR) is 130 cm³/mol. The Morgan fingerprint density at radius 3 is 2.71 bits per heavy atom. The van der Waals surface area contributed by atoms with Crippen LogP contribution in [0.2, 0.25) is 0 Å². The van der Waals surface area contributed by atoms with Crippen LogP contribution in [0.3, 0.4) is 0 Å². The molecule has 1 amide bonds. The highest BCUT2D eigenvalue weighted by molar-refractivity contribution is 5.78. The van der Waals surface area contributed by atoms with Crippen molar-refractivity contribution in [2.24, 2.45) is 0 Å². The van der Waals surface area contributed by atoms with Crippen molar-refractivity contribution in [3.8, 4) is 5.75 Å². The van der Waals surface area contributed by atoms with Crippen molar-refractivity contribution in [1.29, 1.82) is 0 Å². The van der Waals surface area contributed by atoms with Crippen molar-refractivity contribution in [3.05, 3.63) is 40.8 Å². The molecule has 3 N–H and O–H groups in total. The van der Waals surface area contributed by atoms with E-state index in [1.807, 2.05) is 39.8 Å². The zero-order valence-corrected chi connectivity index (χ0v) is 20.3. The van der Waals surface area contributed by atoms with Crippen molar-refractivity contribution < 1.29 is 18.7 Å². The van der Waals surface area contributed by atoms with E-state index in [-0.39, 0.29) is 11.9 Å². The number of halogens is 1. The van der Waals surface area contributed by atoms with Crippen molar-refractivity contribution in [3.63, 3.8) is 0 Å². The number of aromatic nitrogens is 2. The number of hydrogen-bond donors (Lipinski definition) is 3. The van der Waals surface area contributed by atoms with E-state index in [1.54, 1.807) is 13.1 Å². The summed E-state index contributed by atoms with van der Waals surface area (Å²) in [6, 6.07) is 3.54. The molecule has 182 valence electrons. The van der Waals surface area contributed by atoms with E-state index < -0.39 is 11.7 Å². The van der Waals surface area contributed by atoms with Gasteiger partial charge < -0.3 is 25.4 Å². The number of hydrogen-bond acceptors (Lipinski definition) is 7. The first-order chi connectivity index (χ1) is 16.1. The van der Waals surface area contributed by atoms with E-state index >= 15 is 4.39 Å². The molecule has 0 spiro atoms. The molecule has 1 aromatic heterocycles. The number of aryl methyl sites for hydroxylation is 1. The van der Waals surface area contributed by atoms with Crippen LogP contribution in [0.4, 0.5) is 26.6 Å². The fraction of sp³-hybridized carbons (Fsp3) is 0.480. The second kappa shape index (κ2) is 9.48. The molecule has 2 heterocycles.